The lowest BCUT2D eigenvalue weighted by molar-refractivity contribution is 0.0429. The Morgan fingerprint density at radius 2 is 2.06 bits per heavy atom. The van der Waals surface area contributed by atoms with E-state index in [4.69, 9.17) is 4.74 Å². The van der Waals surface area contributed by atoms with E-state index < -0.39 is 5.60 Å². The summed E-state index contributed by atoms with van der Waals surface area (Å²) in [5.74, 6) is 0. The van der Waals surface area contributed by atoms with Crippen molar-refractivity contribution in [2.75, 3.05) is 20.1 Å². The molecule has 1 N–H and O–H groups in total. The van der Waals surface area contributed by atoms with Crippen LogP contribution in [0.1, 0.15) is 47.0 Å². The van der Waals surface area contributed by atoms with E-state index in [2.05, 4.69) is 24.2 Å². The second kappa shape index (κ2) is 5.25. The summed E-state index contributed by atoms with van der Waals surface area (Å²) in [4.78, 5) is 13.9. The van der Waals surface area contributed by atoms with E-state index in [0.29, 0.717) is 6.54 Å². The summed E-state index contributed by atoms with van der Waals surface area (Å²) in [6.07, 6.45) is 3.28. The maximum atomic E-state index is 11.6. The lowest BCUT2D eigenvalue weighted by Crippen LogP contribution is -2.54. The van der Waals surface area contributed by atoms with Crippen molar-refractivity contribution in [2.45, 2.75) is 58.1 Å². The highest BCUT2D eigenvalue weighted by Gasteiger charge is 2.32. The van der Waals surface area contributed by atoms with E-state index in [1.165, 1.54) is 12.8 Å². The minimum absolute atomic E-state index is 0.0646. The number of likely N-dealkylation sites (tertiary alicyclic amines) is 1. The number of rotatable bonds is 2. The van der Waals surface area contributed by atoms with Crippen molar-refractivity contribution < 1.29 is 9.53 Å². The molecule has 1 unspecified atom stereocenters. The fraction of sp³-hybridized carbons (Fsp3) is 0.923. The predicted molar refractivity (Wildman–Crippen MR) is 69.1 cm³/mol. The Kier molecular flexibility index (Phi) is 4.42. The molecule has 1 fully saturated rings. The van der Waals surface area contributed by atoms with Gasteiger partial charge in [-0.3, -0.25) is 4.90 Å². The fourth-order valence-corrected chi connectivity index (χ4v) is 2.12. The van der Waals surface area contributed by atoms with E-state index in [1.807, 2.05) is 20.8 Å². The largest absolute Gasteiger partial charge is 0.444 e. The van der Waals surface area contributed by atoms with Gasteiger partial charge in [-0.15, -0.1) is 0 Å². The van der Waals surface area contributed by atoms with Gasteiger partial charge in [0, 0.05) is 12.1 Å². The highest BCUT2D eigenvalue weighted by Crippen LogP contribution is 2.25. The second-order valence-electron chi connectivity index (χ2n) is 6.23. The average Bonchev–Trinajstić information content (AvgIpc) is 2.18. The molecule has 1 rings (SSSR count). The highest BCUT2D eigenvalue weighted by molar-refractivity contribution is 5.67. The second-order valence-corrected chi connectivity index (χ2v) is 6.23. The number of nitrogens with zero attached hydrogens (tertiary/aromatic N) is 1. The predicted octanol–water partition coefficient (Wildman–Crippen LogP) is 2.39. The van der Waals surface area contributed by atoms with Crippen molar-refractivity contribution in [3.8, 4) is 0 Å². The summed E-state index contributed by atoms with van der Waals surface area (Å²) < 4.78 is 5.24. The molecule has 1 aliphatic rings. The zero-order chi connectivity index (χ0) is 13.1. The zero-order valence-corrected chi connectivity index (χ0v) is 11.8. The Morgan fingerprint density at radius 3 is 2.59 bits per heavy atom. The van der Waals surface area contributed by atoms with E-state index in [-0.39, 0.29) is 11.6 Å². The number of likely N-dealkylation sites (N-methyl/N-ethyl adjacent to an activating group) is 1. The van der Waals surface area contributed by atoms with Gasteiger partial charge in [0.1, 0.15) is 5.60 Å². The minimum Gasteiger partial charge on any atom is -0.444 e. The molecule has 1 heterocycles. The minimum atomic E-state index is -0.427. The normalized spacial score (nSPS) is 26.6. The van der Waals surface area contributed by atoms with E-state index >= 15 is 0 Å². The molecule has 0 bridgehead atoms. The first kappa shape index (κ1) is 14.3. The molecule has 0 aromatic heterocycles. The van der Waals surface area contributed by atoms with Crippen LogP contribution >= 0.6 is 0 Å². The Balaban J connectivity index is 2.41. The number of hydrogen-bond donors (Lipinski definition) is 1. The molecule has 1 saturated heterocycles. The molecule has 1 aliphatic heterocycles. The number of carbonyl (C=O) groups is 1. The molecule has 0 radical (unpaired) electrons. The maximum absolute atomic E-state index is 11.6. The Labute approximate surface area is 105 Å². The lowest BCUT2D eigenvalue weighted by atomic mass is 9.89. The quantitative estimate of drug-likeness (QED) is 0.808. The van der Waals surface area contributed by atoms with Crippen molar-refractivity contribution in [2.24, 2.45) is 0 Å². The van der Waals surface area contributed by atoms with Crippen LogP contribution < -0.4 is 5.32 Å². The van der Waals surface area contributed by atoms with Gasteiger partial charge in [0.15, 0.2) is 0 Å². The Hall–Kier alpha value is -0.770. The summed E-state index contributed by atoms with van der Waals surface area (Å²) in [6, 6.07) is 0. The summed E-state index contributed by atoms with van der Waals surface area (Å²) >= 11 is 0. The number of nitrogens with one attached hydrogen (secondary N) is 1. The summed E-state index contributed by atoms with van der Waals surface area (Å²) in [5, 5.41) is 2.88. The fourth-order valence-electron chi connectivity index (χ4n) is 2.12. The molecule has 1 atom stereocenters. The molecule has 4 nitrogen and oxygen atoms in total. The van der Waals surface area contributed by atoms with Crippen molar-refractivity contribution >= 4 is 6.09 Å². The van der Waals surface area contributed by atoms with Gasteiger partial charge in [0.25, 0.3) is 0 Å². The van der Waals surface area contributed by atoms with Crippen LogP contribution in [-0.2, 0) is 4.74 Å². The van der Waals surface area contributed by atoms with Gasteiger partial charge in [0.2, 0.25) is 0 Å². The first-order valence-corrected chi connectivity index (χ1v) is 6.41. The van der Waals surface area contributed by atoms with Crippen molar-refractivity contribution in [1.29, 1.82) is 0 Å². The molecule has 1 amide bonds. The molecule has 0 aromatic rings. The van der Waals surface area contributed by atoms with Crippen LogP contribution in [0.3, 0.4) is 0 Å². The molecule has 0 saturated carbocycles. The number of alkyl carbamates (subject to hydrolysis) is 1. The zero-order valence-electron chi connectivity index (χ0n) is 11.8. The third-order valence-electron chi connectivity index (χ3n) is 3.39. The number of piperidine rings is 1. The van der Waals surface area contributed by atoms with Crippen LogP contribution in [0.25, 0.3) is 0 Å². The van der Waals surface area contributed by atoms with E-state index in [1.54, 1.807) is 0 Å². The van der Waals surface area contributed by atoms with E-state index in [0.717, 1.165) is 13.0 Å². The lowest BCUT2D eigenvalue weighted by Gasteiger charge is -2.42. The maximum Gasteiger partial charge on any atom is 0.407 e. The molecule has 17 heavy (non-hydrogen) atoms. The van der Waals surface area contributed by atoms with E-state index in [9.17, 15) is 4.79 Å². The van der Waals surface area contributed by atoms with Crippen molar-refractivity contribution in [3.63, 3.8) is 0 Å². The van der Waals surface area contributed by atoms with Crippen molar-refractivity contribution in [3.05, 3.63) is 0 Å². The summed E-state index contributed by atoms with van der Waals surface area (Å²) in [5.41, 5.74) is -0.362. The van der Waals surface area contributed by atoms with Gasteiger partial charge in [-0.1, -0.05) is 6.42 Å². The monoisotopic (exact) mass is 242 g/mol. The average molecular weight is 242 g/mol. The number of amides is 1. The van der Waals surface area contributed by atoms with Crippen LogP contribution in [0.4, 0.5) is 4.79 Å². The Morgan fingerprint density at radius 1 is 1.41 bits per heavy atom. The molecular weight excluding hydrogens is 216 g/mol. The Bertz CT molecular complexity index is 273. The van der Waals surface area contributed by atoms with Crippen LogP contribution in [-0.4, -0.2) is 42.3 Å². The summed E-state index contributed by atoms with van der Waals surface area (Å²) in [7, 11) is 2.12. The van der Waals surface area contributed by atoms with Crippen molar-refractivity contribution in [1.82, 2.24) is 10.2 Å². The number of ether oxygens (including phenoxy) is 1. The third kappa shape index (κ3) is 4.54. The first-order valence-electron chi connectivity index (χ1n) is 6.41. The van der Waals surface area contributed by atoms with Gasteiger partial charge in [0.05, 0.1) is 0 Å². The topological polar surface area (TPSA) is 41.6 Å². The van der Waals surface area contributed by atoms with Crippen LogP contribution in [0.5, 0.6) is 0 Å². The summed E-state index contributed by atoms with van der Waals surface area (Å²) in [6.45, 7) is 9.58. The SMILES string of the molecule is CN1CCCCC1(C)CNC(=O)OC(C)(C)C. The third-order valence-corrected chi connectivity index (χ3v) is 3.39. The van der Waals surface area contributed by atoms with Crippen LogP contribution in [0, 0.1) is 0 Å². The first-order chi connectivity index (χ1) is 7.73. The number of hydrogen-bond acceptors (Lipinski definition) is 3. The van der Waals surface area contributed by atoms with Gasteiger partial charge in [-0.2, -0.15) is 0 Å². The van der Waals surface area contributed by atoms with Gasteiger partial charge in [-0.05, 0) is 54.1 Å². The van der Waals surface area contributed by atoms with Crippen LogP contribution in [0.2, 0.25) is 0 Å². The van der Waals surface area contributed by atoms with Gasteiger partial charge in [-0.25, -0.2) is 4.79 Å². The standard InChI is InChI=1S/C13H26N2O2/c1-12(2,3)17-11(16)14-10-13(4)8-6-7-9-15(13)5/h6-10H2,1-5H3,(H,14,16). The molecule has 0 spiro atoms. The molecule has 0 aliphatic carbocycles. The smallest absolute Gasteiger partial charge is 0.407 e. The molecule has 4 heteroatoms. The van der Waals surface area contributed by atoms with Gasteiger partial charge < -0.3 is 10.1 Å². The molecule has 0 aromatic carbocycles. The molecular formula is C13H26N2O2. The number of carbonyl (C=O) groups excluding carboxylic acids is 1. The highest BCUT2D eigenvalue weighted by atomic mass is 16.6. The van der Waals surface area contributed by atoms with Gasteiger partial charge >= 0.3 is 6.09 Å². The molecule has 100 valence electrons. The van der Waals surface area contributed by atoms with Crippen LogP contribution in [0.15, 0.2) is 0 Å².